The maximum Gasteiger partial charge on any atom is 0.120 e. The lowest BCUT2D eigenvalue weighted by Crippen LogP contribution is -1.89. The van der Waals surface area contributed by atoms with Crippen LogP contribution in [0.2, 0.25) is 0 Å². The van der Waals surface area contributed by atoms with Gasteiger partial charge in [-0.05, 0) is 23.1 Å². The van der Waals surface area contributed by atoms with E-state index in [1.165, 1.54) is 0 Å². The number of benzene rings is 2. The highest BCUT2D eigenvalue weighted by atomic mass is 79.9. The summed E-state index contributed by atoms with van der Waals surface area (Å²) in [5.74, 6) is 0.810. The lowest BCUT2D eigenvalue weighted by atomic mass is 10.0. The van der Waals surface area contributed by atoms with Crippen molar-refractivity contribution in [1.29, 1.82) is 0 Å². The molecule has 0 aromatic heterocycles. The fraction of sp³-hybridized carbons (Fsp3) is 0.167. The second kappa shape index (κ2) is 4.21. The van der Waals surface area contributed by atoms with Gasteiger partial charge in [0.15, 0.2) is 0 Å². The van der Waals surface area contributed by atoms with Gasteiger partial charge >= 0.3 is 0 Å². The zero-order chi connectivity index (χ0) is 10.8. The van der Waals surface area contributed by atoms with Gasteiger partial charge in [0.2, 0.25) is 0 Å². The van der Waals surface area contributed by atoms with Crippen molar-refractivity contribution in [2.45, 2.75) is 6.61 Å². The molecule has 15 heavy (non-hydrogen) atoms. The van der Waals surface area contributed by atoms with E-state index in [1.807, 2.05) is 30.3 Å². The number of ether oxygens (including phenoxy) is 1. The van der Waals surface area contributed by atoms with Gasteiger partial charge in [-0.25, -0.2) is 0 Å². The van der Waals surface area contributed by atoms with Gasteiger partial charge in [0, 0.05) is 9.86 Å². The Morgan fingerprint density at radius 1 is 1.33 bits per heavy atom. The Balaban J connectivity index is 2.78. The van der Waals surface area contributed by atoms with Gasteiger partial charge in [0.25, 0.3) is 0 Å². The van der Waals surface area contributed by atoms with Gasteiger partial charge in [-0.15, -0.1) is 0 Å². The van der Waals surface area contributed by atoms with Gasteiger partial charge < -0.3 is 9.84 Å². The summed E-state index contributed by atoms with van der Waals surface area (Å²) in [6, 6.07) is 9.71. The largest absolute Gasteiger partial charge is 0.497 e. The Labute approximate surface area is 96.6 Å². The topological polar surface area (TPSA) is 29.5 Å². The summed E-state index contributed by atoms with van der Waals surface area (Å²) in [6.45, 7) is 0.0439. The summed E-state index contributed by atoms with van der Waals surface area (Å²) in [7, 11) is 1.64. The Morgan fingerprint density at radius 2 is 2.13 bits per heavy atom. The third-order valence-corrected chi connectivity index (χ3v) is 3.02. The third-order valence-electron chi connectivity index (χ3n) is 2.39. The van der Waals surface area contributed by atoms with Crippen LogP contribution in [0.25, 0.3) is 10.8 Å². The normalized spacial score (nSPS) is 10.6. The zero-order valence-corrected chi connectivity index (χ0v) is 9.91. The van der Waals surface area contributed by atoms with Gasteiger partial charge in [0.05, 0.1) is 13.7 Å². The zero-order valence-electron chi connectivity index (χ0n) is 8.33. The SMILES string of the molecule is COc1cc(Br)c2c(CO)cccc2c1. The van der Waals surface area contributed by atoms with Crippen molar-refractivity contribution in [3.63, 3.8) is 0 Å². The summed E-state index contributed by atoms with van der Waals surface area (Å²) >= 11 is 3.49. The van der Waals surface area contributed by atoms with Crippen molar-refractivity contribution in [2.24, 2.45) is 0 Å². The van der Waals surface area contributed by atoms with Crippen LogP contribution in [0, 0.1) is 0 Å². The maximum absolute atomic E-state index is 9.23. The minimum atomic E-state index is 0.0439. The second-order valence-corrected chi connectivity index (χ2v) is 4.14. The lowest BCUT2D eigenvalue weighted by molar-refractivity contribution is 0.283. The summed E-state index contributed by atoms with van der Waals surface area (Å²) in [6.07, 6.45) is 0. The van der Waals surface area contributed by atoms with Crippen LogP contribution >= 0.6 is 15.9 Å². The molecule has 0 amide bonds. The molecule has 1 N–H and O–H groups in total. The van der Waals surface area contributed by atoms with Crippen LogP contribution < -0.4 is 4.74 Å². The Bertz CT molecular complexity index is 494. The van der Waals surface area contributed by atoms with Crippen molar-refractivity contribution < 1.29 is 9.84 Å². The van der Waals surface area contributed by atoms with Crippen LogP contribution in [-0.2, 0) is 6.61 Å². The van der Waals surface area contributed by atoms with Crippen molar-refractivity contribution in [3.8, 4) is 5.75 Å². The minimum Gasteiger partial charge on any atom is -0.497 e. The number of aliphatic hydroxyl groups excluding tert-OH is 1. The highest BCUT2D eigenvalue weighted by Gasteiger charge is 2.06. The fourth-order valence-corrected chi connectivity index (χ4v) is 2.38. The third kappa shape index (κ3) is 1.85. The van der Waals surface area contributed by atoms with E-state index in [9.17, 15) is 5.11 Å². The smallest absolute Gasteiger partial charge is 0.120 e. The summed E-state index contributed by atoms with van der Waals surface area (Å²) in [4.78, 5) is 0. The molecule has 0 aliphatic heterocycles. The standard InChI is InChI=1S/C12H11BrO2/c1-15-10-5-8-3-2-4-9(7-14)12(8)11(13)6-10/h2-6,14H,7H2,1H3. The lowest BCUT2D eigenvalue weighted by Gasteiger charge is -2.08. The molecule has 0 saturated carbocycles. The van der Waals surface area contributed by atoms with E-state index in [-0.39, 0.29) is 6.61 Å². The van der Waals surface area contributed by atoms with Crippen LogP contribution in [0.4, 0.5) is 0 Å². The number of rotatable bonds is 2. The van der Waals surface area contributed by atoms with Gasteiger partial charge in [-0.3, -0.25) is 0 Å². The van der Waals surface area contributed by atoms with E-state index >= 15 is 0 Å². The first-order valence-corrected chi connectivity index (χ1v) is 5.41. The highest BCUT2D eigenvalue weighted by Crippen LogP contribution is 2.31. The molecule has 2 rings (SSSR count). The molecule has 2 aromatic rings. The number of aliphatic hydroxyl groups is 1. The predicted octanol–water partition coefficient (Wildman–Crippen LogP) is 3.10. The number of fused-ring (bicyclic) bond motifs is 1. The number of hydrogen-bond acceptors (Lipinski definition) is 2. The Morgan fingerprint density at radius 3 is 2.80 bits per heavy atom. The summed E-state index contributed by atoms with van der Waals surface area (Å²) in [5, 5.41) is 11.3. The summed E-state index contributed by atoms with van der Waals surface area (Å²) in [5.41, 5.74) is 0.919. The fourth-order valence-electron chi connectivity index (χ4n) is 1.67. The molecule has 0 aliphatic carbocycles. The molecule has 3 heteroatoms. The molecule has 0 heterocycles. The number of methoxy groups -OCH3 is 1. The van der Waals surface area contributed by atoms with Crippen LogP contribution in [0.15, 0.2) is 34.8 Å². The Kier molecular flexibility index (Phi) is 2.93. The van der Waals surface area contributed by atoms with Crippen molar-refractivity contribution >= 4 is 26.7 Å². The molecule has 0 saturated heterocycles. The molecule has 0 fully saturated rings. The first-order valence-electron chi connectivity index (χ1n) is 4.62. The molecule has 2 aromatic carbocycles. The van der Waals surface area contributed by atoms with Gasteiger partial charge in [0.1, 0.15) is 5.75 Å². The van der Waals surface area contributed by atoms with Crippen LogP contribution in [0.1, 0.15) is 5.56 Å². The van der Waals surface area contributed by atoms with Crippen molar-refractivity contribution in [2.75, 3.05) is 7.11 Å². The van der Waals surface area contributed by atoms with Crippen LogP contribution in [0.5, 0.6) is 5.75 Å². The van der Waals surface area contributed by atoms with E-state index in [0.717, 1.165) is 26.6 Å². The highest BCUT2D eigenvalue weighted by molar-refractivity contribution is 9.10. The molecule has 0 radical (unpaired) electrons. The van der Waals surface area contributed by atoms with E-state index < -0.39 is 0 Å². The van der Waals surface area contributed by atoms with Gasteiger partial charge in [-0.1, -0.05) is 34.1 Å². The van der Waals surface area contributed by atoms with Gasteiger partial charge in [-0.2, -0.15) is 0 Å². The molecule has 2 nitrogen and oxygen atoms in total. The molecule has 0 atom stereocenters. The molecular formula is C12H11BrO2. The number of hydrogen-bond donors (Lipinski definition) is 1. The second-order valence-electron chi connectivity index (χ2n) is 3.28. The maximum atomic E-state index is 9.23. The van der Waals surface area contributed by atoms with E-state index in [2.05, 4.69) is 15.9 Å². The molecule has 0 aliphatic rings. The molecule has 0 unspecified atom stereocenters. The molecular weight excluding hydrogens is 256 g/mol. The monoisotopic (exact) mass is 266 g/mol. The van der Waals surface area contributed by atoms with Crippen molar-refractivity contribution in [1.82, 2.24) is 0 Å². The average Bonchev–Trinajstić information content (AvgIpc) is 2.27. The molecule has 0 bridgehead atoms. The quantitative estimate of drug-likeness (QED) is 0.905. The van der Waals surface area contributed by atoms with Crippen LogP contribution in [0.3, 0.4) is 0 Å². The Hall–Kier alpha value is -1.06. The number of halogens is 1. The first kappa shape index (κ1) is 10.5. The molecule has 78 valence electrons. The first-order chi connectivity index (χ1) is 7.26. The van der Waals surface area contributed by atoms with E-state index in [0.29, 0.717) is 0 Å². The average molecular weight is 267 g/mol. The van der Waals surface area contributed by atoms with E-state index in [1.54, 1.807) is 7.11 Å². The van der Waals surface area contributed by atoms with Crippen LogP contribution in [-0.4, -0.2) is 12.2 Å². The molecule has 0 spiro atoms. The van der Waals surface area contributed by atoms with Crippen molar-refractivity contribution in [3.05, 3.63) is 40.4 Å². The van der Waals surface area contributed by atoms with E-state index in [4.69, 9.17) is 4.74 Å². The predicted molar refractivity (Wildman–Crippen MR) is 64.1 cm³/mol. The minimum absolute atomic E-state index is 0.0439. The summed E-state index contributed by atoms with van der Waals surface area (Å²) < 4.78 is 6.13.